The normalized spacial score (nSPS) is 25.4. The molecule has 1 saturated heterocycles. The molecule has 18 heteroatoms. The van der Waals surface area contributed by atoms with Crippen molar-refractivity contribution in [2.75, 3.05) is 24.7 Å². The van der Waals surface area contributed by atoms with Crippen molar-refractivity contribution in [3.05, 3.63) is 12.7 Å². The summed E-state index contributed by atoms with van der Waals surface area (Å²) in [5, 5.41) is 10.2. The Labute approximate surface area is 245 Å². The first-order chi connectivity index (χ1) is 19.0. The summed E-state index contributed by atoms with van der Waals surface area (Å²) in [5.41, 5.74) is 5.48. The largest absolute Gasteiger partial charge is 0.462 e. The molecule has 0 spiro atoms. The lowest BCUT2D eigenvalue weighted by Gasteiger charge is -2.25. The molecule has 3 rings (SSSR count). The van der Waals surface area contributed by atoms with Crippen molar-refractivity contribution in [2.45, 2.75) is 77.3 Å². The van der Waals surface area contributed by atoms with Gasteiger partial charge in [0.05, 0.1) is 25.6 Å². The van der Waals surface area contributed by atoms with Crippen LogP contribution >= 0.6 is 31.1 Å². The van der Waals surface area contributed by atoms with Crippen LogP contribution in [0.25, 0.3) is 11.2 Å². The number of nitrogen functional groups attached to an aromatic ring is 1. The zero-order valence-corrected chi connectivity index (χ0v) is 25.9. The molecule has 41 heavy (non-hydrogen) atoms. The number of aromatic nitrogens is 4. The minimum Gasteiger partial charge on any atom is -0.462 e. The number of carbonyl (C=O) groups is 2. The average Bonchev–Trinajstić information content (AvgIpc) is 3.38. The second kappa shape index (κ2) is 13.2. The smallest absolute Gasteiger partial charge is 0.406 e. The number of halogens is 2. The van der Waals surface area contributed by atoms with E-state index in [0.29, 0.717) is 0 Å². The highest BCUT2D eigenvalue weighted by molar-refractivity contribution is 8.13. The quantitative estimate of drug-likeness (QED) is 0.133. The maximum Gasteiger partial charge on any atom is 0.406 e. The summed E-state index contributed by atoms with van der Waals surface area (Å²) >= 11 is 7.05. The third kappa shape index (κ3) is 8.14. The Kier molecular flexibility index (Phi) is 10.8. The molecule has 2 aromatic heterocycles. The van der Waals surface area contributed by atoms with Crippen molar-refractivity contribution in [3.63, 3.8) is 0 Å². The van der Waals surface area contributed by atoms with Gasteiger partial charge in [-0.05, 0) is 20.8 Å². The lowest BCUT2D eigenvalue weighted by atomic mass is 10.00. The number of nitrogens with zero attached hydrogens (tertiary/aromatic N) is 4. The number of nitrogens with two attached hydrogens (primary N) is 1. The van der Waals surface area contributed by atoms with E-state index in [9.17, 15) is 19.3 Å². The molecule has 2 aromatic rings. The molecule has 0 unspecified atom stereocenters. The van der Waals surface area contributed by atoms with Gasteiger partial charge in [0.2, 0.25) is 0 Å². The van der Waals surface area contributed by atoms with Gasteiger partial charge in [0, 0.05) is 11.2 Å². The van der Waals surface area contributed by atoms with Crippen molar-refractivity contribution in [1.82, 2.24) is 24.6 Å². The standard InChI is InChI=1S/C23H35ClFN6O8PS/c1-12(2)38-19(33)13(3)30-40(35,36-7-8-41-21(34)22(4,5)6)37-9-14-16(32)23(24,25)20(39-14)31-11-29-15-17(26)27-10-28-18(15)31/h10-14,16,20,32H,7-9H2,1-6H3,(H,30,35)(H2,26,27,28)/t13-,14+,16+,20+,23+,40-/m0/s1. The molecule has 1 aliphatic rings. The van der Waals surface area contributed by atoms with Gasteiger partial charge in [-0.1, -0.05) is 44.1 Å². The molecule has 0 saturated carbocycles. The summed E-state index contributed by atoms with van der Waals surface area (Å²) in [6.07, 6.45) is -3.13. The number of hydrogen-bond donors (Lipinski definition) is 3. The van der Waals surface area contributed by atoms with Gasteiger partial charge in [0.25, 0.3) is 5.13 Å². The number of alkyl halides is 2. The molecule has 14 nitrogen and oxygen atoms in total. The predicted octanol–water partition coefficient (Wildman–Crippen LogP) is 2.95. The molecule has 0 radical (unpaired) electrons. The zero-order valence-electron chi connectivity index (χ0n) is 23.4. The molecule has 0 aromatic carbocycles. The number of rotatable bonds is 12. The topological polar surface area (TPSA) is 190 Å². The lowest BCUT2D eigenvalue weighted by molar-refractivity contribution is -0.149. The van der Waals surface area contributed by atoms with Gasteiger partial charge in [-0.25, -0.2) is 29.0 Å². The van der Waals surface area contributed by atoms with E-state index < -0.39 is 61.4 Å². The number of imidazole rings is 1. The monoisotopic (exact) mass is 640 g/mol. The van der Waals surface area contributed by atoms with Gasteiger partial charge in [-0.3, -0.25) is 23.2 Å². The van der Waals surface area contributed by atoms with Crippen LogP contribution < -0.4 is 10.8 Å². The van der Waals surface area contributed by atoms with Crippen molar-refractivity contribution in [2.24, 2.45) is 5.41 Å². The molecule has 3 heterocycles. The number of nitrogens with one attached hydrogen (secondary N) is 1. The van der Waals surface area contributed by atoms with E-state index in [0.717, 1.165) is 22.7 Å². The molecular weight excluding hydrogens is 606 g/mol. The Morgan fingerprint density at radius 2 is 2.00 bits per heavy atom. The number of ether oxygens (including phenoxy) is 2. The highest BCUT2D eigenvalue weighted by atomic mass is 35.5. The predicted molar refractivity (Wildman–Crippen MR) is 150 cm³/mol. The number of hydrogen-bond acceptors (Lipinski definition) is 13. The Hall–Kier alpha value is -1.91. The Morgan fingerprint density at radius 3 is 2.63 bits per heavy atom. The number of thioether (sulfide) groups is 1. The van der Waals surface area contributed by atoms with Crippen LogP contribution in [-0.4, -0.2) is 84.2 Å². The van der Waals surface area contributed by atoms with Gasteiger partial charge < -0.3 is 20.3 Å². The molecule has 1 aliphatic heterocycles. The molecule has 0 amide bonds. The molecular formula is C23H35ClFN6O8PS. The first kappa shape index (κ1) is 33.6. The van der Waals surface area contributed by atoms with E-state index in [4.69, 9.17) is 35.9 Å². The number of carbonyl (C=O) groups excluding carboxylic acids is 2. The first-order valence-electron chi connectivity index (χ1n) is 12.6. The summed E-state index contributed by atoms with van der Waals surface area (Å²) in [7, 11) is -4.31. The van der Waals surface area contributed by atoms with Gasteiger partial charge in [0.1, 0.15) is 30.1 Å². The average molecular weight is 641 g/mol. The van der Waals surface area contributed by atoms with Gasteiger partial charge >= 0.3 is 13.7 Å². The minimum absolute atomic E-state index is 0.0443. The maximum absolute atomic E-state index is 15.6. The van der Waals surface area contributed by atoms with Gasteiger partial charge in [-0.15, -0.1) is 0 Å². The van der Waals surface area contributed by atoms with E-state index in [2.05, 4.69) is 20.0 Å². The molecule has 0 aliphatic carbocycles. The fourth-order valence-electron chi connectivity index (χ4n) is 3.56. The van der Waals surface area contributed by atoms with Gasteiger partial charge in [0.15, 0.2) is 22.8 Å². The maximum atomic E-state index is 15.6. The van der Waals surface area contributed by atoms with Crippen LogP contribution in [0.5, 0.6) is 0 Å². The summed E-state index contributed by atoms with van der Waals surface area (Å²) in [5.74, 6) is -0.546. The Balaban J connectivity index is 1.74. The van der Waals surface area contributed by atoms with Crippen LogP contribution in [-0.2, 0) is 32.7 Å². The number of aliphatic hydroxyl groups excluding tert-OH is 1. The summed E-state index contributed by atoms with van der Waals surface area (Å²) < 4.78 is 52.1. The van der Waals surface area contributed by atoms with E-state index >= 15 is 4.39 Å². The summed E-state index contributed by atoms with van der Waals surface area (Å²) in [4.78, 5) is 36.4. The second-order valence-electron chi connectivity index (χ2n) is 10.6. The van der Waals surface area contributed by atoms with E-state index in [1.807, 2.05) is 0 Å². The van der Waals surface area contributed by atoms with Crippen LogP contribution in [0.3, 0.4) is 0 Å². The Morgan fingerprint density at radius 1 is 1.32 bits per heavy atom. The third-order valence-corrected chi connectivity index (χ3v) is 9.05. The zero-order chi connectivity index (χ0) is 30.8. The van der Waals surface area contributed by atoms with Crippen molar-refractivity contribution in [3.8, 4) is 0 Å². The number of fused-ring (bicyclic) bond motifs is 1. The molecule has 230 valence electrons. The third-order valence-electron chi connectivity index (χ3n) is 5.68. The van der Waals surface area contributed by atoms with Crippen LogP contribution in [0.4, 0.5) is 10.2 Å². The first-order valence-corrected chi connectivity index (χ1v) is 15.6. The molecule has 1 fully saturated rings. The van der Waals surface area contributed by atoms with E-state index in [-0.39, 0.29) is 34.5 Å². The van der Waals surface area contributed by atoms with Crippen molar-refractivity contribution in [1.29, 1.82) is 0 Å². The van der Waals surface area contributed by atoms with Crippen LogP contribution in [0.2, 0.25) is 0 Å². The fourth-order valence-corrected chi connectivity index (χ4v) is 6.25. The van der Waals surface area contributed by atoms with Crippen LogP contribution in [0.15, 0.2) is 12.7 Å². The lowest BCUT2D eigenvalue weighted by Crippen LogP contribution is -2.39. The fraction of sp³-hybridized carbons (Fsp3) is 0.696. The molecule has 0 bridgehead atoms. The minimum atomic E-state index is -4.31. The summed E-state index contributed by atoms with van der Waals surface area (Å²) in [6, 6.07) is -1.13. The SMILES string of the molecule is CC(C)OC(=O)[C@H](C)N[P@](=O)(OCCSC(=O)C(C)(C)C)OC[C@H]1O[C@@H](n2cnc3c(N)ncnc32)[C@@](F)(Cl)[C@@H]1O. The number of anilines is 1. The highest BCUT2D eigenvalue weighted by Gasteiger charge is 2.58. The van der Waals surface area contributed by atoms with E-state index in [1.54, 1.807) is 34.6 Å². The van der Waals surface area contributed by atoms with Crippen LogP contribution in [0.1, 0.15) is 47.8 Å². The van der Waals surface area contributed by atoms with Crippen molar-refractivity contribution >= 4 is 59.2 Å². The molecule has 4 N–H and O–H groups in total. The molecule has 6 atom stereocenters. The highest BCUT2D eigenvalue weighted by Crippen LogP contribution is 2.49. The number of esters is 1. The Bertz CT molecular complexity index is 1290. The van der Waals surface area contributed by atoms with Crippen molar-refractivity contribution < 1.29 is 42.2 Å². The van der Waals surface area contributed by atoms with Gasteiger partial charge in [-0.2, -0.15) is 0 Å². The number of aliphatic hydroxyl groups is 1. The second-order valence-corrected chi connectivity index (χ2v) is 14.0. The van der Waals surface area contributed by atoms with E-state index in [1.165, 1.54) is 13.3 Å². The van der Waals surface area contributed by atoms with Crippen LogP contribution in [0, 0.1) is 5.41 Å². The summed E-state index contributed by atoms with van der Waals surface area (Å²) in [6.45, 7) is 9.10.